The fourth-order valence-electron chi connectivity index (χ4n) is 0.149. The van der Waals surface area contributed by atoms with Gasteiger partial charge in [-0.3, -0.25) is 0 Å². The summed E-state index contributed by atoms with van der Waals surface area (Å²) in [5.74, 6) is 4.89. The summed E-state index contributed by atoms with van der Waals surface area (Å²) < 4.78 is 0. The second kappa shape index (κ2) is 4.14. The highest BCUT2D eigenvalue weighted by molar-refractivity contribution is 7.20. The minimum absolute atomic E-state index is 1.40. The van der Waals surface area contributed by atoms with Crippen molar-refractivity contribution in [3.63, 3.8) is 0 Å². The van der Waals surface area contributed by atoms with Crippen molar-refractivity contribution in [2.45, 2.75) is 0 Å². The summed E-state index contributed by atoms with van der Waals surface area (Å²) in [6, 6.07) is 0. The molecule has 0 saturated heterocycles. The van der Waals surface area contributed by atoms with Crippen LogP contribution >= 0.6 is 9.39 Å². The Hall–Kier alpha value is 0.230. The lowest BCUT2D eigenvalue weighted by Gasteiger charge is -2.46. The Labute approximate surface area is 51.3 Å². The lowest BCUT2D eigenvalue weighted by Crippen LogP contribution is -2.30. The van der Waals surface area contributed by atoms with E-state index < -0.39 is 0 Å². The molecule has 0 radical (unpaired) electrons. The van der Waals surface area contributed by atoms with E-state index in [4.69, 9.17) is 5.84 Å². The summed E-state index contributed by atoms with van der Waals surface area (Å²) in [6.45, 7) is 0. The van der Waals surface area contributed by atoms with Gasteiger partial charge in [-0.25, -0.2) is 9.39 Å². The van der Waals surface area contributed by atoms with Crippen molar-refractivity contribution in [1.29, 1.82) is 0 Å². The van der Waals surface area contributed by atoms with Crippen molar-refractivity contribution in [2.75, 3.05) is 14.1 Å². The predicted octanol–water partition coefficient (Wildman–Crippen LogP) is 0.00620. The number of rotatable bonds is 3. The third kappa shape index (κ3) is 2.52. The van der Waals surface area contributed by atoms with Gasteiger partial charge in [0.1, 0.15) is 0 Å². The van der Waals surface area contributed by atoms with E-state index >= 15 is 0 Å². The van der Waals surface area contributed by atoms with Gasteiger partial charge in [-0.1, -0.05) is 0 Å². The molecule has 0 aromatic rings. The summed E-state index contributed by atoms with van der Waals surface area (Å²) >= 11 is 0. The lowest BCUT2D eigenvalue weighted by atomic mass is 11.3. The average molecular weight is 135 g/mol. The SMILES string of the molecule is CN([N-]N)N(C)[N-]P. The molecule has 2 N–H and O–H groups in total. The van der Waals surface area contributed by atoms with Crippen molar-refractivity contribution >= 4 is 9.39 Å². The first-order valence-electron chi connectivity index (χ1n) is 2.01. The van der Waals surface area contributed by atoms with Gasteiger partial charge < -0.3 is 26.8 Å². The molecule has 8 heavy (non-hydrogen) atoms. The molecule has 0 aromatic heterocycles. The molecule has 0 saturated carbocycles. The third-order valence-electron chi connectivity index (χ3n) is 0.753. The van der Waals surface area contributed by atoms with Gasteiger partial charge in [-0.2, -0.15) is 0 Å². The monoisotopic (exact) mass is 135 g/mol. The van der Waals surface area contributed by atoms with Gasteiger partial charge in [-0.15, -0.1) is 0 Å². The molecule has 0 aromatic carbocycles. The Balaban J connectivity index is 3.29. The molecule has 0 fully saturated rings. The van der Waals surface area contributed by atoms with E-state index in [0.29, 0.717) is 0 Å². The van der Waals surface area contributed by atoms with E-state index in [9.17, 15) is 0 Å². The van der Waals surface area contributed by atoms with Crippen LogP contribution < -0.4 is 5.84 Å². The van der Waals surface area contributed by atoms with Gasteiger partial charge in [0.25, 0.3) is 0 Å². The third-order valence-corrected chi connectivity index (χ3v) is 1.09. The Morgan fingerprint density at radius 1 is 1.38 bits per heavy atom. The van der Waals surface area contributed by atoms with Crippen molar-refractivity contribution in [3.05, 3.63) is 10.7 Å². The predicted molar refractivity (Wildman–Crippen MR) is 36.1 cm³/mol. The molecule has 0 heterocycles. The molecule has 50 valence electrons. The van der Waals surface area contributed by atoms with E-state index in [2.05, 4.69) is 20.1 Å². The Morgan fingerprint density at radius 2 is 1.88 bits per heavy atom. The van der Waals surface area contributed by atoms with E-state index in [1.165, 1.54) is 10.2 Å². The molecular weight excluding hydrogens is 125 g/mol. The van der Waals surface area contributed by atoms with Crippen molar-refractivity contribution in [1.82, 2.24) is 10.2 Å². The summed E-state index contributed by atoms with van der Waals surface area (Å²) in [5, 5.41) is 6.53. The maximum atomic E-state index is 4.89. The highest BCUT2D eigenvalue weighted by Gasteiger charge is 1.76. The number of nitrogens with two attached hydrogens (primary N) is 1. The molecule has 0 rings (SSSR count). The average Bonchev–Trinajstić information content (AvgIpc) is 1.84. The normalized spacial score (nSPS) is 11.2. The van der Waals surface area contributed by atoms with Crippen LogP contribution in [0.4, 0.5) is 0 Å². The molecule has 5 nitrogen and oxygen atoms in total. The van der Waals surface area contributed by atoms with Crippen LogP contribution in [0.3, 0.4) is 0 Å². The summed E-state index contributed by atoms with van der Waals surface area (Å²) in [5.41, 5.74) is 3.31. The number of nitrogens with zero attached hydrogens (tertiary/aromatic N) is 4. The van der Waals surface area contributed by atoms with Gasteiger partial charge in [-0.05, 0) is 14.1 Å². The van der Waals surface area contributed by atoms with E-state index in [0.717, 1.165) is 0 Å². The largest absolute Gasteiger partial charge is 0.561 e. The van der Waals surface area contributed by atoms with E-state index in [-0.39, 0.29) is 0 Å². The zero-order valence-corrected chi connectivity index (χ0v) is 6.10. The van der Waals surface area contributed by atoms with E-state index in [1.54, 1.807) is 14.1 Å². The van der Waals surface area contributed by atoms with Crippen LogP contribution in [0.2, 0.25) is 0 Å². The second-order valence-corrected chi connectivity index (χ2v) is 1.44. The van der Waals surface area contributed by atoms with Gasteiger partial charge in [0.05, 0.1) is 0 Å². The minimum Gasteiger partial charge on any atom is -0.561 e. The first-order chi connectivity index (χ1) is 3.72. The van der Waals surface area contributed by atoms with Crippen LogP contribution in [0.5, 0.6) is 0 Å². The molecular formula is C2H10N5P-2. The van der Waals surface area contributed by atoms with Crippen LogP contribution in [-0.2, 0) is 0 Å². The topological polar surface area (TPSA) is 60.7 Å². The highest BCUT2D eigenvalue weighted by atomic mass is 31.0. The van der Waals surface area contributed by atoms with Crippen LogP contribution in [0.1, 0.15) is 0 Å². The molecule has 0 amide bonds. The van der Waals surface area contributed by atoms with Crippen LogP contribution in [0.25, 0.3) is 10.7 Å². The lowest BCUT2D eigenvalue weighted by molar-refractivity contribution is 0.119. The maximum absolute atomic E-state index is 4.89. The molecule has 1 atom stereocenters. The van der Waals surface area contributed by atoms with Crippen LogP contribution in [-0.4, -0.2) is 24.3 Å². The second-order valence-electron chi connectivity index (χ2n) is 1.21. The fraction of sp³-hybridized carbons (Fsp3) is 1.00. The summed E-state index contributed by atoms with van der Waals surface area (Å²) in [7, 11) is 5.60. The van der Waals surface area contributed by atoms with Crippen molar-refractivity contribution in [3.8, 4) is 0 Å². The van der Waals surface area contributed by atoms with Gasteiger partial charge in [0.2, 0.25) is 0 Å². The zero-order valence-electron chi connectivity index (χ0n) is 4.94. The summed E-state index contributed by atoms with van der Waals surface area (Å²) in [6.07, 6.45) is 0. The minimum atomic E-state index is 1.40. The van der Waals surface area contributed by atoms with Crippen molar-refractivity contribution in [2.24, 2.45) is 5.84 Å². The van der Waals surface area contributed by atoms with Gasteiger partial charge in [0, 0.05) is 0 Å². The maximum Gasteiger partial charge on any atom is -0.0190 e. The molecule has 6 heteroatoms. The number of hydrazine groups is 1. The molecule has 1 unspecified atom stereocenters. The summed E-state index contributed by atoms with van der Waals surface area (Å²) in [4.78, 5) is 0. The fourth-order valence-corrected chi connectivity index (χ4v) is 0.299. The molecule has 0 aliphatic carbocycles. The first kappa shape index (κ1) is 8.23. The quantitative estimate of drug-likeness (QED) is 0.337. The Kier molecular flexibility index (Phi) is 4.26. The Bertz CT molecular complexity index is 50.4. The molecule has 0 bridgehead atoms. The van der Waals surface area contributed by atoms with Gasteiger partial charge >= 0.3 is 0 Å². The van der Waals surface area contributed by atoms with Crippen molar-refractivity contribution < 1.29 is 0 Å². The molecule has 0 spiro atoms. The Morgan fingerprint density at radius 3 is 2.00 bits per heavy atom. The van der Waals surface area contributed by atoms with Crippen LogP contribution in [0.15, 0.2) is 0 Å². The van der Waals surface area contributed by atoms with E-state index in [1.807, 2.05) is 0 Å². The smallest absolute Gasteiger partial charge is 0.0190 e. The standard InChI is InChI=1S/C2H10N5P/c1-6(4-3)7(2)5-8/h3,8H2,1-2H3/q-2. The number of hydrogen-bond donors (Lipinski definition) is 1. The highest BCUT2D eigenvalue weighted by Crippen LogP contribution is 2.05. The van der Waals surface area contributed by atoms with Gasteiger partial charge in [0.15, 0.2) is 0 Å². The molecule has 0 aliphatic heterocycles. The van der Waals surface area contributed by atoms with Crippen LogP contribution in [0, 0.1) is 0 Å². The molecule has 0 aliphatic rings. The number of hydrogen-bond acceptors (Lipinski definition) is 3. The zero-order chi connectivity index (χ0) is 6.57. The first-order valence-corrected chi connectivity index (χ1v) is 2.53.